The predicted molar refractivity (Wildman–Crippen MR) is 73.3 cm³/mol. The standard InChI is InChI=1S/C13H21NO3S/c1-2-3-4-5-7-11-10-18-13(17)14(11)9-6-8-12(15)16/h10H,2-9H2,1H3,(H,15,16). The first-order valence-corrected chi connectivity index (χ1v) is 7.42. The molecular weight excluding hydrogens is 250 g/mol. The maximum Gasteiger partial charge on any atom is 0.307 e. The van der Waals surface area contributed by atoms with Crippen LogP contribution in [0.3, 0.4) is 0 Å². The average Bonchev–Trinajstić information content (AvgIpc) is 2.66. The molecule has 0 atom stereocenters. The molecule has 0 aromatic carbocycles. The number of nitrogens with zero attached hydrogens (tertiary/aromatic N) is 1. The van der Waals surface area contributed by atoms with E-state index in [-0.39, 0.29) is 11.3 Å². The van der Waals surface area contributed by atoms with E-state index in [2.05, 4.69) is 6.92 Å². The lowest BCUT2D eigenvalue weighted by molar-refractivity contribution is -0.137. The number of carbonyl (C=O) groups is 1. The number of aliphatic carboxylic acids is 1. The van der Waals surface area contributed by atoms with Crippen LogP contribution in [0.25, 0.3) is 0 Å². The van der Waals surface area contributed by atoms with Crippen molar-refractivity contribution in [1.82, 2.24) is 4.57 Å². The smallest absolute Gasteiger partial charge is 0.307 e. The fraction of sp³-hybridized carbons (Fsp3) is 0.692. The van der Waals surface area contributed by atoms with Crippen LogP contribution in [0.15, 0.2) is 10.2 Å². The molecule has 0 aliphatic rings. The van der Waals surface area contributed by atoms with Crippen LogP contribution >= 0.6 is 11.3 Å². The summed E-state index contributed by atoms with van der Waals surface area (Å²) in [6.45, 7) is 2.70. The predicted octanol–water partition coefficient (Wildman–Crippen LogP) is 2.90. The molecule has 1 heterocycles. The van der Waals surface area contributed by atoms with E-state index in [1.54, 1.807) is 4.57 Å². The normalized spacial score (nSPS) is 10.7. The summed E-state index contributed by atoms with van der Waals surface area (Å²) in [5, 5.41) is 10.5. The molecule has 0 saturated heterocycles. The van der Waals surface area contributed by atoms with E-state index in [1.807, 2.05) is 5.38 Å². The fourth-order valence-electron chi connectivity index (χ4n) is 1.91. The summed E-state index contributed by atoms with van der Waals surface area (Å²) in [5.74, 6) is -0.803. The van der Waals surface area contributed by atoms with E-state index in [4.69, 9.17) is 5.11 Å². The highest BCUT2D eigenvalue weighted by Gasteiger charge is 2.07. The van der Waals surface area contributed by atoms with Crippen LogP contribution in [0.5, 0.6) is 0 Å². The van der Waals surface area contributed by atoms with Crippen molar-refractivity contribution in [2.45, 2.75) is 58.4 Å². The van der Waals surface area contributed by atoms with Gasteiger partial charge in [0, 0.05) is 24.0 Å². The van der Waals surface area contributed by atoms with Crippen molar-refractivity contribution in [2.24, 2.45) is 0 Å². The van der Waals surface area contributed by atoms with Gasteiger partial charge in [-0.3, -0.25) is 9.59 Å². The van der Waals surface area contributed by atoms with Crippen molar-refractivity contribution in [3.05, 3.63) is 20.7 Å². The second kappa shape index (κ2) is 8.08. The van der Waals surface area contributed by atoms with Crippen LogP contribution < -0.4 is 4.87 Å². The van der Waals surface area contributed by atoms with Crippen LogP contribution in [0.1, 0.15) is 51.1 Å². The van der Waals surface area contributed by atoms with Crippen molar-refractivity contribution >= 4 is 17.3 Å². The zero-order valence-corrected chi connectivity index (χ0v) is 11.7. The maximum atomic E-state index is 11.6. The quantitative estimate of drug-likeness (QED) is 0.702. The molecule has 102 valence electrons. The van der Waals surface area contributed by atoms with Crippen molar-refractivity contribution in [3.8, 4) is 0 Å². The molecule has 0 unspecified atom stereocenters. The number of aryl methyl sites for hydroxylation is 1. The third-order valence-corrected chi connectivity index (χ3v) is 3.73. The summed E-state index contributed by atoms with van der Waals surface area (Å²) >= 11 is 1.21. The largest absolute Gasteiger partial charge is 0.481 e. The van der Waals surface area contributed by atoms with Crippen LogP contribution in [-0.4, -0.2) is 15.6 Å². The number of carboxylic acid groups (broad SMARTS) is 1. The zero-order chi connectivity index (χ0) is 13.4. The number of rotatable bonds is 9. The van der Waals surface area contributed by atoms with Gasteiger partial charge < -0.3 is 9.67 Å². The summed E-state index contributed by atoms with van der Waals surface area (Å²) < 4.78 is 1.74. The molecule has 4 nitrogen and oxygen atoms in total. The molecule has 1 rings (SSSR count). The van der Waals surface area contributed by atoms with Gasteiger partial charge in [0.2, 0.25) is 0 Å². The number of carboxylic acids is 1. The molecule has 1 aromatic rings. The van der Waals surface area contributed by atoms with E-state index in [0.717, 1.165) is 18.5 Å². The molecule has 0 bridgehead atoms. The van der Waals surface area contributed by atoms with Crippen molar-refractivity contribution in [3.63, 3.8) is 0 Å². The molecule has 0 spiro atoms. The highest BCUT2D eigenvalue weighted by molar-refractivity contribution is 7.07. The number of thiazole rings is 1. The number of aromatic nitrogens is 1. The lowest BCUT2D eigenvalue weighted by Crippen LogP contribution is -2.16. The second-order valence-corrected chi connectivity index (χ2v) is 5.27. The van der Waals surface area contributed by atoms with Gasteiger partial charge in [-0.25, -0.2) is 0 Å². The minimum atomic E-state index is -0.803. The van der Waals surface area contributed by atoms with Crippen LogP contribution in [-0.2, 0) is 17.8 Å². The SMILES string of the molecule is CCCCCCc1csc(=O)n1CCCC(=O)O. The molecule has 0 aliphatic carbocycles. The maximum absolute atomic E-state index is 11.6. The van der Waals surface area contributed by atoms with Crippen LogP contribution in [0.2, 0.25) is 0 Å². The topological polar surface area (TPSA) is 59.3 Å². The molecule has 18 heavy (non-hydrogen) atoms. The second-order valence-electron chi connectivity index (χ2n) is 4.45. The highest BCUT2D eigenvalue weighted by atomic mass is 32.1. The fourth-order valence-corrected chi connectivity index (χ4v) is 2.73. The Bertz CT molecular complexity index is 422. The average molecular weight is 271 g/mol. The Morgan fingerprint density at radius 2 is 2.11 bits per heavy atom. The number of hydrogen-bond acceptors (Lipinski definition) is 3. The van der Waals surface area contributed by atoms with Gasteiger partial charge in [0.1, 0.15) is 0 Å². The third-order valence-electron chi connectivity index (χ3n) is 2.92. The first-order chi connectivity index (χ1) is 8.65. The van der Waals surface area contributed by atoms with E-state index >= 15 is 0 Å². The highest BCUT2D eigenvalue weighted by Crippen LogP contribution is 2.10. The lowest BCUT2D eigenvalue weighted by Gasteiger charge is -2.06. The van der Waals surface area contributed by atoms with Gasteiger partial charge in [0.05, 0.1) is 0 Å². The molecule has 1 aromatic heterocycles. The number of unbranched alkanes of at least 4 members (excludes halogenated alkanes) is 3. The molecule has 0 saturated carbocycles. The molecular formula is C13H21NO3S. The van der Waals surface area contributed by atoms with Crippen molar-refractivity contribution in [1.29, 1.82) is 0 Å². The third kappa shape index (κ3) is 5.04. The monoisotopic (exact) mass is 271 g/mol. The Balaban J connectivity index is 2.47. The summed E-state index contributed by atoms with van der Waals surface area (Å²) in [7, 11) is 0. The molecule has 0 fully saturated rings. The van der Waals surface area contributed by atoms with Gasteiger partial charge in [-0.15, -0.1) is 0 Å². The minimum Gasteiger partial charge on any atom is -0.481 e. The lowest BCUT2D eigenvalue weighted by atomic mass is 10.1. The molecule has 1 N–H and O–H groups in total. The Labute approximate surface area is 111 Å². The van der Waals surface area contributed by atoms with Crippen LogP contribution in [0.4, 0.5) is 0 Å². The molecule has 5 heteroatoms. The summed E-state index contributed by atoms with van der Waals surface area (Å²) in [6, 6.07) is 0. The first kappa shape index (κ1) is 15.0. The van der Waals surface area contributed by atoms with Gasteiger partial charge in [-0.1, -0.05) is 37.5 Å². The summed E-state index contributed by atoms with van der Waals surface area (Å²) in [4.78, 5) is 22.1. The molecule has 0 radical (unpaired) electrons. The first-order valence-electron chi connectivity index (χ1n) is 6.54. The van der Waals surface area contributed by atoms with Crippen molar-refractivity contribution < 1.29 is 9.90 Å². The van der Waals surface area contributed by atoms with Gasteiger partial charge in [0.15, 0.2) is 0 Å². The van der Waals surface area contributed by atoms with Crippen molar-refractivity contribution in [2.75, 3.05) is 0 Å². The van der Waals surface area contributed by atoms with E-state index < -0.39 is 5.97 Å². The van der Waals surface area contributed by atoms with E-state index in [1.165, 1.54) is 30.6 Å². The Hall–Kier alpha value is -1.10. The van der Waals surface area contributed by atoms with Gasteiger partial charge in [0.25, 0.3) is 0 Å². The minimum absolute atomic E-state index is 0.0332. The van der Waals surface area contributed by atoms with Gasteiger partial charge in [-0.05, 0) is 19.3 Å². The van der Waals surface area contributed by atoms with Crippen LogP contribution in [0, 0.1) is 0 Å². The molecule has 0 aliphatic heterocycles. The Kier molecular flexibility index (Phi) is 6.72. The van der Waals surface area contributed by atoms with E-state index in [9.17, 15) is 9.59 Å². The van der Waals surface area contributed by atoms with Gasteiger partial charge in [-0.2, -0.15) is 0 Å². The Morgan fingerprint density at radius 1 is 1.33 bits per heavy atom. The summed E-state index contributed by atoms with van der Waals surface area (Å²) in [6.07, 6.45) is 6.29. The zero-order valence-electron chi connectivity index (χ0n) is 10.9. The molecule has 0 amide bonds. The van der Waals surface area contributed by atoms with Gasteiger partial charge >= 0.3 is 10.8 Å². The Morgan fingerprint density at radius 3 is 2.78 bits per heavy atom. The number of hydrogen-bond donors (Lipinski definition) is 1. The summed E-state index contributed by atoms with van der Waals surface area (Å²) in [5.41, 5.74) is 1.06. The van der Waals surface area contributed by atoms with E-state index in [0.29, 0.717) is 13.0 Å².